The molecule has 220 valence electrons. The van der Waals surface area contributed by atoms with E-state index in [0.29, 0.717) is 33.0 Å². The number of hydrogen-bond donors (Lipinski definition) is 3. The van der Waals surface area contributed by atoms with E-state index in [4.69, 9.17) is 18.9 Å². The number of likely N-dealkylation sites (tertiary alicyclic amines) is 1. The number of likely N-dealkylation sites (N-methyl/N-ethyl adjacent to an activating group) is 1. The Balaban J connectivity index is 2.69. The molecule has 0 aromatic carbocycles. The van der Waals surface area contributed by atoms with Crippen molar-refractivity contribution >= 4 is 23.7 Å². The molecule has 1 saturated heterocycles. The molecule has 0 aromatic heterocycles. The number of carbonyl (C=O) groups is 4. The van der Waals surface area contributed by atoms with Gasteiger partial charge >= 0.3 is 5.97 Å². The predicted octanol–water partition coefficient (Wildman–Crippen LogP) is 0.0913. The number of hydrogen-bond acceptors (Lipinski definition) is 9. The standard InChI is InChI=1S/C26H48N4O8/c1-18(2)15-28-24(33)21-14-20(38-19(3)31)16-30(21)25(34)23(26(4,5)6)29-22(32)17-37-13-12-36-11-10-35-9-8-27-7/h18,20-21,23,27H,8-17H2,1-7H3,(H,28,33)(H,29,32). The van der Waals surface area contributed by atoms with Gasteiger partial charge in [-0.3, -0.25) is 19.2 Å². The zero-order chi connectivity index (χ0) is 28.7. The molecule has 1 fully saturated rings. The summed E-state index contributed by atoms with van der Waals surface area (Å²) < 4.78 is 21.5. The minimum absolute atomic E-state index is 0.0765. The summed E-state index contributed by atoms with van der Waals surface area (Å²) in [4.78, 5) is 52.2. The summed E-state index contributed by atoms with van der Waals surface area (Å²) in [6.07, 6.45) is -0.399. The molecule has 0 spiro atoms. The normalized spacial score (nSPS) is 18.4. The van der Waals surface area contributed by atoms with Gasteiger partial charge in [-0.05, 0) is 18.4 Å². The van der Waals surface area contributed by atoms with E-state index in [1.165, 1.54) is 11.8 Å². The van der Waals surface area contributed by atoms with Gasteiger partial charge in [-0.2, -0.15) is 0 Å². The Labute approximate surface area is 226 Å². The number of rotatable bonds is 17. The van der Waals surface area contributed by atoms with Crippen molar-refractivity contribution in [2.75, 3.05) is 66.3 Å². The second kappa shape index (κ2) is 17.3. The van der Waals surface area contributed by atoms with E-state index in [2.05, 4.69) is 16.0 Å². The highest BCUT2D eigenvalue weighted by molar-refractivity contribution is 5.93. The van der Waals surface area contributed by atoms with Crippen molar-refractivity contribution in [2.24, 2.45) is 11.3 Å². The number of esters is 1. The Morgan fingerprint density at radius 2 is 1.58 bits per heavy atom. The molecule has 1 aliphatic heterocycles. The Hall–Kier alpha value is -2.28. The SMILES string of the molecule is CNCCOCCOCCOCC(=O)NC(C(=O)N1CC(OC(C)=O)CC1C(=O)NCC(C)C)C(C)(C)C. The maximum absolute atomic E-state index is 13.7. The number of nitrogens with zero attached hydrogens (tertiary/aromatic N) is 1. The van der Waals surface area contributed by atoms with Crippen LogP contribution < -0.4 is 16.0 Å². The second-order valence-corrected chi connectivity index (χ2v) is 10.9. The average molecular weight is 545 g/mol. The fraction of sp³-hybridized carbons (Fsp3) is 0.846. The van der Waals surface area contributed by atoms with Gasteiger partial charge < -0.3 is 39.8 Å². The second-order valence-electron chi connectivity index (χ2n) is 10.9. The largest absolute Gasteiger partial charge is 0.461 e. The van der Waals surface area contributed by atoms with Gasteiger partial charge in [-0.1, -0.05) is 34.6 Å². The summed E-state index contributed by atoms with van der Waals surface area (Å²) >= 11 is 0. The number of amides is 3. The Morgan fingerprint density at radius 1 is 0.974 bits per heavy atom. The van der Waals surface area contributed by atoms with Crippen LogP contribution >= 0.6 is 0 Å². The molecule has 3 amide bonds. The molecule has 0 bridgehead atoms. The monoisotopic (exact) mass is 544 g/mol. The molecule has 1 rings (SSSR count). The van der Waals surface area contributed by atoms with Gasteiger partial charge in [0.2, 0.25) is 17.7 Å². The summed E-state index contributed by atoms with van der Waals surface area (Å²) in [6.45, 7) is 13.8. The topological polar surface area (TPSA) is 145 Å². The molecule has 12 nitrogen and oxygen atoms in total. The number of nitrogens with one attached hydrogen (secondary N) is 3. The molecule has 0 radical (unpaired) electrons. The van der Waals surface area contributed by atoms with Crippen molar-refractivity contribution in [3.05, 3.63) is 0 Å². The van der Waals surface area contributed by atoms with Crippen LogP contribution in [0, 0.1) is 11.3 Å². The first-order valence-corrected chi connectivity index (χ1v) is 13.3. The molecule has 0 saturated carbocycles. The lowest BCUT2D eigenvalue weighted by Crippen LogP contribution is -2.58. The van der Waals surface area contributed by atoms with Crippen LogP contribution in [0.2, 0.25) is 0 Å². The van der Waals surface area contributed by atoms with Crippen LogP contribution in [0.15, 0.2) is 0 Å². The third kappa shape index (κ3) is 13.0. The van der Waals surface area contributed by atoms with Gasteiger partial charge in [0.15, 0.2) is 0 Å². The summed E-state index contributed by atoms with van der Waals surface area (Å²) in [5, 5.41) is 8.61. The van der Waals surface area contributed by atoms with E-state index in [1.54, 1.807) is 0 Å². The highest BCUT2D eigenvalue weighted by atomic mass is 16.5. The molecule has 3 atom stereocenters. The third-order valence-electron chi connectivity index (χ3n) is 5.76. The Morgan fingerprint density at radius 3 is 2.13 bits per heavy atom. The Kier molecular flexibility index (Phi) is 15.4. The van der Waals surface area contributed by atoms with Crippen LogP contribution in [0.4, 0.5) is 0 Å². The molecule has 0 aliphatic carbocycles. The summed E-state index contributed by atoms with van der Waals surface area (Å²) in [5.41, 5.74) is -0.651. The average Bonchev–Trinajstić information content (AvgIpc) is 3.24. The van der Waals surface area contributed by atoms with Gasteiger partial charge in [0.05, 0.1) is 39.6 Å². The lowest BCUT2D eigenvalue weighted by Gasteiger charge is -2.35. The zero-order valence-corrected chi connectivity index (χ0v) is 24.1. The van der Waals surface area contributed by atoms with Crippen molar-refractivity contribution in [1.29, 1.82) is 0 Å². The van der Waals surface area contributed by atoms with Crippen LogP contribution in [0.1, 0.15) is 48.0 Å². The maximum atomic E-state index is 13.7. The molecule has 1 heterocycles. The van der Waals surface area contributed by atoms with Crippen LogP contribution in [-0.4, -0.2) is 113 Å². The molecule has 0 aromatic rings. The van der Waals surface area contributed by atoms with E-state index >= 15 is 0 Å². The number of ether oxygens (including phenoxy) is 4. The first-order valence-electron chi connectivity index (χ1n) is 13.3. The minimum atomic E-state index is -0.916. The van der Waals surface area contributed by atoms with E-state index in [0.717, 1.165) is 6.54 Å². The van der Waals surface area contributed by atoms with E-state index < -0.39 is 41.4 Å². The highest BCUT2D eigenvalue weighted by Crippen LogP contribution is 2.27. The van der Waals surface area contributed by atoms with Gasteiger partial charge in [-0.25, -0.2) is 0 Å². The fourth-order valence-corrected chi connectivity index (χ4v) is 3.83. The van der Waals surface area contributed by atoms with Crippen LogP contribution in [0.3, 0.4) is 0 Å². The van der Waals surface area contributed by atoms with Crippen LogP contribution in [0.25, 0.3) is 0 Å². The quantitative estimate of drug-likeness (QED) is 0.171. The highest BCUT2D eigenvalue weighted by Gasteiger charge is 2.45. The molecule has 3 unspecified atom stereocenters. The minimum Gasteiger partial charge on any atom is -0.461 e. The van der Waals surface area contributed by atoms with E-state index in [-0.39, 0.29) is 38.0 Å². The zero-order valence-electron chi connectivity index (χ0n) is 24.1. The molecule has 12 heteroatoms. The molecule has 1 aliphatic rings. The molecular formula is C26H48N4O8. The van der Waals surface area contributed by atoms with Crippen LogP contribution in [-0.2, 0) is 38.1 Å². The Bertz CT molecular complexity index is 756. The van der Waals surface area contributed by atoms with E-state index in [1.807, 2.05) is 41.7 Å². The smallest absolute Gasteiger partial charge is 0.302 e. The van der Waals surface area contributed by atoms with Crippen molar-refractivity contribution in [3.63, 3.8) is 0 Å². The van der Waals surface area contributed by atoms with Crippen molar-refractivity contribution in [2.45, 2.75) is 66.2 Å². The summed E-state index contributed by atoms with van der Waals surface area (Å²) in [7, 11) is 1.85. The van der Waals surface area contributed by atoms with Gasteiger partial charge in [-0.15, -0.1) is 0 Å². The molecule has 38 heavy (non-hydrogen) atoms. The maximum Gasteiger partial charge on any atom is 0.302 e. The lowest BCUT2D eigenvalue weighted by atomic mass is 9.85. The van der Waals surface area contributed by atoms with Crippen molar-refractivity contribution < 1.29 is 38.1 Å². The summed E-state index contributed by atoms with van der Waals surface area (Å²) in [5.74, 6) is -1.42. The van der Waals surface area contributed by atoms with Gasteiger partial charge in [0, 0.05) is 26.4 Å². The van der Waals surface area contributed by atoms with E-state index in [9.17, 15) is 19.2 Å². The lowest BCUT2D eigenvalue weighted by molar-refractivity contribution is -0.147. The van der Waals surface area contributed by atoms with Gasteiger partial charge in [0.1, 0.15) is 24.8 Å². The molecule has 3 N–H and O–H groups in total. The third-order valence-corrected chi connectivity index (χ3v) is 5.76. The first-order chi connectivity index (χ1) is 17.9. The van der Waals surface area contributed by atoms with Crippen LogP contribution in [0.5, 0.6) is 0 Å². The molecular weight excluding hydrogens is 496 g/mol. The first kappa shape index (κ1) is 33.7. The summed E-state index contributed by atoms with van der Waals surface area (Å²) in [6, 6.07) is -1.72. The predicted molar refractivity (Wildman–Crippen MR) is 141 cm³/mol. The van der Waals surface area contributed by atoms with Gasteiger partial charge in [0.25, 0.3) is 0 Å². The van der Waals surface area contributed by atoms with Crippen molar-refractivity contribution in [1.82, 2.24) is 20.9 Å². The number of carbonyl (C=O) groups excluding carboxylic acids is 4. The fourth-order valence-electron chi connectivity index (χ4n) is 3.83. The van der Waals surface area contributed by atoms with Crippen molar-refractivity contribution in [3.8, 4) is 0 Å².